The van der Waals surface area contributed by atoms with E-state index in [4.69, 9.17) is 0 Å². The van der Waals surface area contributed by atoms with Gasteiger partial charge in [-0.05, 0) is 35.6 Å². The Morgan fingerprint density at radius 2 is 1.53 bits per heavy atom. The summed E-state index contributed by atoms with van der Waals surface area (Å²) in [6, 6.07) is 3.91. The molecule has 0 bridgehead atoms. The van der Waals surface area contributed by atoms with Crippen LogP contribution < -0.4 is 0 Å². The zero-order valence-corrected chi connectivity index (χ0v) is 9.37. The van der Waals surface area contributed by atoms with Crippen LogP contribution in [0.25, 0.3) is 0 Å². The Hall–Kier alpha value is -0.990. The molecule has 0 N–H and O–H groups in total. The summed E-state index contributed by atoms with van der Waals surface area (Å²) in [6.45, 7) is 7.57. The Labute approximate surface area is 88.1 Å². The van der Waals surface area contributed by atoms with Crippen molar-refractivity contribution in [2.75, 3.05) is 0 Å². The van der Waals surface area contributed by atoms with Crippen LogP contribution in [-0.2, 0) is 11.6 Å². The molecule has 0 atom stereocenters. The van der Waals surface area contributed by atoms with Crippen LogP contribution in [0, 0.1) is 6.92 Å². The monoisotopic (exact) mass is 216 g/mol. The fraction of sp³-hybridized carbons (Fsp3) is 0.500. The van der Waals surface area contributed by atoms with E-state index in [0.717, 1.165) is 17.2 Å². The standard InChI is InChI=1S/C12H15F3/c1-8-5-6-9(12(13,14)15)7-10(8)11(2,3)4/h5-7H,1-4H3. The van der Waals surface area contributed by atoms with Crippen LogP contribution >= 0.6 is 0 Å². The van der Waals surface area contributed by atoms with Crippen molar-refractivity contribution in [2.45, 2.75) is 39.3 Å². The Kier molecular flexibility index (Phi) is 2.85. The van der Waals surface area contributed by atoms with Crippen molar-refractivity contribution < 1.29 is 13.2 Å². The third-order valence-corrected chi connectivity index (χ3v) is 2.37. The predicted octanol–water partition coefficient (Wildman–Crippen LogP) is 4.31. The van der Waals surface area contributed by atoms with Gasteiger partial charge in [-0.1, -0.05) is 26.8 Å². The molecule has 15 heavy (non-hydrogen) atoms. The number of rotatable bonds is 0. The lowest BCUT2D eigenvalue weighted by molar-refractivity contribution is -0.137. The second-order valence-electron chi connectivity index (χ2n) is 4.78. The van der Waals surface area contributed by atoms with E-state index < -0.39 is 11.7 Å². The van der Waals surface area contributed by atoms with Crippen molar-refractivity contribution in [3.05, 3.63) is 34.9 Å². The van der Waals surface area contributed by atoms with Crippen LogP contribution in [0.5, 0.6) is 0 Å². The summed E-state index contributed by atoms with van der Waals surface area (Å²) in [5, 5.41) is 0. The fourth-order valence-electron chi connectivity index (χ4n) is 1.61. The summed E-state index contributed by atoms with van der Waals surface area (Å²) in [4.78, 5) is 0. The Morgan fingerprint density at radius 3 is 1.93 bits per heavy atom. The topological polar surface area (TPSA) is 0 Å². The summed E-state index contributed by atoms with van der Waals surface area (Å²) in [7, 11) is 0. The minimum absolute atomic E-state index is 0.259. The molecule has 0 radical (unpaired) electrons. The van der Waals surface area contributed by atoms with Crippen molar-refractivity contribution in [3.63, 3.8) is 0 Å². The van der Waals surface area contributed by atoms with E-state index in [1.807, 2.05) is 27.7 Å². The van der Waals surface area contributed by atoms with Gasteiger partial charge in [0.1, 0.15) is 0 Å². The number of hydrogen-bond donors (Lipinski definition) is 0. The zero-order valence-electron chi connectivity index (χ0n) is 9.37. The van der Waals surface area contributed by atoms with Gasteiger partial charge in [-0.3, -0.25) is 0 Å². The Bertz CT molecular complexity index is 356. The zero-order chi connectivity index (χ0) is 11.9. The SMILES string of the molecule is Cc1ccc(C(F)(F)F)cc1C(C)(C)C. The first-order valence-electron chi connectivity index (χ1n) is 4.80. The molecule has 1 aromatic carbocycles. The maximum atomic E-state index is 12.5. The van der Waals surface area contributed by atoms with Crippen LogP contribution in [0.4, 0.5) is 13.2 Å². The van der Waals surface area contributed by atoms with E-state index in [0.29, 0.717) is 0 Å². The van der Waals surface area contributed by atoms with Crippen molar-refractivity contribution in [1.29, 1.82) is 0 Å². The van der Waals surface area contributed by atoms with Gasteiger partial charge in [0, 0.05) is 0 Å². The maximum absolute atomic E-state index is 12.5. The Balaban J connectivity index is 3.30. The molecule has 0 nitrogen and oxygen atoms in total. The van der Waals surface area contributed by atoms with Gasteiger partial charge in [0.15, 0.2) is 0 Å². The first-order valence-corrected chi connectivity index (χ1v) is 4.80. The van der Waals surface area contributed by atoms with E-state index in [-0.39, 0.29) is 5.41 Å². The van der Waals surface area contributed by atoms with Crippen LogP contribution in [0.15, 0.2) is 18.2 Å². The van der Waals surface area contributed by atoms with Gasteiger partial charge in [-0.25, -0.2) is 0 Å². The number of alkyl halides is 3. The van der Waals surface area contributed by atoms with Crippen molar-refractivity contribution in [2.24, 2.45) is 0 Å². The highest BCUT2D eigenvalue weighted by atomic mass is 19.4. The van der Waals surface area contributed by atoms with Gasteiger partial charge < -0.3 is 0 Å². The highest BCUT2D eigenvalue weighted by molar-refractivity contribution is 5.36. The molecular formula is C12H15F3. The summed E-state index contributed by atoms with van der Waals surface area (Å²) in [6.07, 6.45) is -4.26. The summed E-state index contributed by atoms with van der Waals surface area (Å²) >= 11 is 0. The maximum Gasteiger partial charge on any atom is 0.416 e. The van der Waals surface area contributed by atoms with Crippen LogP contribution in [0.3, 0.4) is 0 Å². The molecule has 0 aliphatic heterocycles. The van der Waals surface area contributed by atoms with Crippen LogP contribution in [0.2, 0.25) is 0 Å². The van der Waals surface area contributed by atoms with Gasteiger partial charge in [0.25, 0.3) is 0 Å². The molecular weight excluding hydrogens is 201 g/mol. The molecule has 0 unspecified atom stereocenters. The van der Waals surface area contributed by atoms with Crippen LogP contribution in [0.1, 0.15) is 37.5 Å². The van der Waals surface area contributed by atoms with E-state index in [2.05, 4.69) is 0 Å². The van der Waals surface area contributed by atoms with Crippen molar-refractivity contribution in [3.8, 4) is 0 Å². The normalized spacial score (nSPS) is 13.0. The molecule has 0 amide bonds. The highest BCUT2D eigenvalue weighted by Crippen LogP contribution is 2.34. The molecule has 3 heteroatoms. The number of hydrogen-bond acceptors (Lipinski definition) is 0. The molecule has 0 aliphatic carbocycles. The van der Waals surface area contributed by atoms with Gasteiger partial charge in [-0.2, -0.15) is 13.2 Å². The highest BCUT2D eigenvalue weighted by Gasteiger charge is 2.31. The lowest BCUT2D eigenvalue weighted by Crippen LogP contribution is -2.15. The van der Waals surface area contributed by atoms with E-state index in [9.17, 15) is 13.2 Å². The van der Waals surface area contributed by atoms with E-state index >= 15 is 0 Å². The van der Waals surface area contributed by atoms with Gasteiger partial charge in [0.05, 0.1) is 5.56 Å². The molecule has 0 saturated carbocycles. The van der Waals surface area contributed by atoms with Gasteiger partial charge in [-0.15, -0.1) is 0 Å². The first-order chi connectivity index (χ1) is 6.62. The first kappa shape index (κ1) is 12.1. The Morgan fingerprint density at radius 1 is 1.00 bits per heavy atom. The quantitative estimate of drug-likeness (QED) is 0.606. The summed E-state index contributed by atoms with van der Waals surface area (Å²) in [5.74, 6) is 0. The summed E-state index contributed by atoms with van der Waals surface area (Å²) in [5.41, 5.74) is 0.816. The summed E-state index contributed by atoms with van der Waals surface area (Å²) < 4.78 is 37.5. The van der Waals surface area contributed by atoms with Crippen LogP contribution in [-0.4, -0.2) is 0 Å². The lowest BCUT2D eigenvalue weighted by Gasteiger charge is -2.23. The fourth-order valence-corrected chi connectivity index (χ4v) is 1.61. The van der Waals surface area contributed by atoms with Gasteiger partial charge >= 0.3 is 6.18 Å². The third-order valence-electron chi connectivity index (χ3n) is 2.37. The van der Waals surface area contributed by atoms with Crippen molar-refractivity contribution >= 4 is 0 Å². The average Bonchev–Trinajstić information content (AvgIpc) is 2.00. The number of aryl methyl sites for hydroxylation is 1. The molecule has 1 rings (SSSR count). The minimum Gasteiger partial charge on any atom is -0.166 e. The molecule has 0 heterocycles. The molecule has 1 aromatic rings. The number of benzene rings is 1. The molecule has 0 fully saturated rings. The minimum atomic E-state index is -4.26. The van der Waals surface area contributed by atoms with E-state index in [1.54, 1.807) is 0 Å². The largest absolute Gasteiger partial charge is 0.416 e. The molecule has 84 valence electrons. The second-order valence-corrected chi connectivity index (χ2v) is 4.78. The molecule has 0 aromatic heterocycles. The molecule has 0 aliphatic rings. The van der Waals surface area contributed by atoms with Crippen molar-refractivity contribution in [1.82, 2.24) is 0 Å². The van der Waals surface area contributed by atoms with E-state index in [1.165, 1.54) is 12.1 Å². The number of halogens is 3. The lowest BCUT2D eigenvalue weighted by atomic mass is 9.83. The third kappa shape index (κ3) is 2.74. The van der Waals surface area contributed by atoms with Gasteiger partial charge in [0.2, 0.25) is 0 Å². The molecule has 0 saturated heterocycles. The average molecular weight is 216 g/mol. The molecule has 0 spiro atoms. The second kappa shape index (κ2) is 3.54. The smallest absolute Gasteiger partial charge is 0.166 e. The predicted molar refractivity (Wildman–Crippen MR) is 54.9 cm³/mol.